The van der Waals surface area contributed by atoms with Crippen LogP contribution in [0.4, 0.5) is 5.69 Å². The summed E-state index contributed by atoms with van der Waals surface area (Å²) in [6, 6.07) is 7.87. The second-order valence-corrected chi connectivity index (χ2v) is 5.29. The third kappa shape index (κ3) is 3.27. The van der Waals surface area contributed by atoms with E-state index in [1.165, 1.54) is 5.69 Å². The van der Waals surface area contributed by atoms with Gasteiger partial charge < -0.3 is 5.32 Å². The summed E-state index contributed by atoms with van der Waals surface area (Å²) in [5.41, 5.74) is 2.18. The van der Waals surface area contributed by atoms with Crippen molar-refractivity contribution in [1.29, 1.82) is 0 Å². The number of aromatic nitrogens is 2. The zero-order chi connectivity index (χ0) is 13.0. The first-order valence-corrected chi connectivity index (χ1v) is 7.07. The summed E-state index contributed by atoms with van der Waals surface area (Å²) in [5, 5.41) is 8.35. The van der Waals surface area contributed by atoms with Gasteiger partial charge in [-0.15, -0.1) is 0 Å². The molecule has 1 heterocycles. The molecule has 0 aliphatic carbocycles. The molecule has 5 heteroatoms. The predicted molar refractivity (Wildman–Crippen MR) is 79.0 cm³/mol. The molecule has 3 nitrogen and oxygen atoms in total. The molecule has 0 atom stereocenters. The van der Waals surface area contributed by atoms with Gasteiger partial charge in [0.05, 0.1) is 17.3 Å². The Kier molecular flexibility index (Phi) is 4.66. The maximum absolute atomic E-state index is 6.05. The lowest BCUT2D eigenvalue weighted by atomic mass is 10.3. The molecule has 0 saturated carbocycles. The molecule has 0 unspecified atom stereocenters. The predicted octanol–water partition coefficient (Wildman–Crippen LogP) is 4.32. The molecule has 18 heavy (non-hydrogen) atoms. The van der Waals surface area contributed by atoms with E-state index in [2.05, 4.69) is 33.3 Å². The quantitative estimate of drug-likeness (QED) is 0.886. The molecule has 0 bridgehead atoms. The monoisotopic (exact) mass is 327 g/mol. The number of anilines is 1. The Bertz CT molecular complexity index is 525. The number of nitrogens with zero attached hydrogens (tertiary/aromatic N) is 2. The van der Waals surface area contributed by atoms with Gasteiger partial charge in [-0.25, -0.2) is 0 Å². The lowest BCUT2D eigenvalue weighted by Gasteiger charge is -2.09. The van der Waals surface area contributed by atoms with Crippen LogP contribution >= 0.6 is 27.5 Å². The molecule has 1 N–H and O–H groups in total. The minimum Gasteiger partial charge on any atom is -0.379 e. The van der Waals surface area contributed by atoms with Crippen molar-refractivity contribution in [2.45, 2.75) is 26.4 Å². The van der Waals surface area contributed by atoms with Gasteiger partial charge >= 0.3 is 0 Å². The van der Waals surface area contributed by atoms with E-state index >= 15 is 0 Å². The van der Waals surface area contributed by atoms with Crippen molar-refractivity contribution in [2.75, 3.05) is 5.32 Å². The minimum atomic E-state index is 0.710. The summed E-state index contributed by atoms with van der Waals surface area (Å²) in [7, 11) is 0. The second kappa shape index (κ2) is 6.25. The van der Waals surface area contributed by atoms with Gasteiger partial charge in [-0.1, -0.05) is 18.5 Å². The smallest absolute Gasteiger partial charge is 0.0575 e. The van der Waals surface area contributed by atoms with Crippen LogP contribution in [0.5, 0.6) is 0 Å². The highest BCUT2D eigenvalue weighted by molar-refractivity contribution is 9.10. The van der Waals surface area contributed by atoms with Gasteiger partial charge in [0.2, 0.25) is 0 Å². The largest absolute Gasteiger partial charge is 0.379 e. The molecule has 96 valence electrons. The van der Waals surface area contributed by atoms with Crippen LogP contribution < -0.4 is 5.32 Å². The van der Waals surface area contributed by atoms with Crippen molar-refractivity contribution >= 4 is 33.2 Å². The van der Waals surface area contributed by atoms with Gasteiger partial charge in [0.1, 0.15) is 0 Å². The topological polar surface area (TPSA) is 29.9 Å². The molecular weight excluding hydrogens is 314 g/mol. The Morgan fingerprint density at radius 3 is 2.94 bits per heavy atom. The molecule has 2 aromatic rings. The summed E-state index contributed by atoms with van der Waals surface area (Å²) in [6.07, 6.45) is 2.92. The Morgan fingerprint density at radius 1 is 1.39 bits per heavy atom. The van der Waals surface area contributed by atoms with Crippen molar-refractivity contribution in [3.05, 3.63) is 45.7 Å². The number of rotatable bonds is 5. The fourth-order valence-corrected chi connectivity index (χ4v) is 2.15. The summed E-state index contributed by atoms with van der Waals surface area (Å²) in [4.78, 5) is 0. The van der Waals surface area contributed by atoms with Gasteiger partial charge in [0, 0.05) is 22.9 Å². The van der Waals surface area contributed by atoms with Crippen molar-refractivity contribution in [3.8, 4) is 0 Å². The van der Waals surface area contributed by atoms with E-state index in [1.54, 1.807) is 0 Å². The van der Waals surface area contributed by atoms with Crippen molar-refractivity contribution in [1.82, 2.24) is 9.78 Å². The zero-order valence-corrected chi connectivity index (χ0v) is 12.5. The first kappa shape index (κ1) is 13.4. The fraction of sp³-hybridized carbons (Fsp3) is 0.308. The van der Waals surface area contributed by atoms with Crippen molar-refractivity contribution < 1.29 is 0 Å². The van der Waals surface area contributed by atoms with Gasteiger partial charge in [-0.3, -0.25) is 4.68 Å². The Balaban J connectivity index is 2.02. The first-order valence-electron chi connectivity index (χ1n) is 5.90. The highest BCUT2D eigenvalue weighted by Crippen LogP contribution is 2.25. The SMILES string of the molecule is CCCn1nccc1CNc1ccc(Br)c(Cl)c1. The first-order chi connectivity index (χ1) is 8.70. The fourth-order valence-electron chi connectivity index (χ4n) is 1.72. The number of hydrogen-bond acceptors (Lipinski definition) is 2. The molecule has 0 aliphatic rings. The number of halogens is 2. The molecule has 0 spiro atoms. The third-order valence-electron chi connectivity index (χ3n) is 2.63. The molecule has 2 rings (SSSR count). The van der Waals surface area contributed by atoms with E-state index in [-0.39, 0.29) is 0 Å². The number of aryl methyl sites for hydroxylation is 1. The van der Waals surface area contributed by atoms with Gasteiger partial charge in [-0.05, 0) is 46.6 Å². The van der Waals surface area contributed by atoms with E-state index in [9.17, 15) is 0 Å². The highest BCUT2D eigenvalue weighted by atomic mass is 79.9. The molecule has 0 saturated heterocycles. The molecule has 0 fully saturated rings. The normalized spacial score (nSPS) is 10.6. The Labute approximate surface area is 120 Å². The average molecular weight is 329 g/mol. The minimum absolute atomic E-state index is 0.710. The van der Waals surface area contributed by atoms with Crippen molar-refractivity contribution in [2.24, 2.45) is 0 Å². The van der Waals surface area contributed by atoms with Crippen LogP contribution in [-0.2, 0) is 13.1 Å². The molecule has 1 aromatic carbocycles. The van der Waals surface area contributed by atoms with E-state index in [4.69, 9.17) is 11.6 Å². The van der Waals surface area contributed by atoms with Gasteiger partial charge in [0.25, 0.3) is 0 Å². The number of nitrogens with one attached hydrogen (secondary N) is 1. The van der Waals surface area contributed by atoms with Crippen molar-refractivity contribution in [3.63, 3.8) is 0 Å². The molecule has 0 aliphatic heterocycles. The summed E-state index contributed by atoms with van der Waals surface area (Å²) in [5.74, 6) is 0. The van der Waals surface area contributed by atoms with Crippen LogP contribution in [0.2, 0.25) is 5.02 Å². The standard InChI is InChI=1S/C13H15BrClN3/c1-2-7-18-11(5-6-17-18)9-16-10-3-4-12(14)13(15)8-10/h3-6,8,16H,2,7,9H2,1H3. The Hall–Kier alpha value is -1.000. The maximum Gasteiger partial charge on any atom is 0.0575 e. The third-order valence-corrected chi connectivity index (χ3v) is 3.87. The molecule has 0 amide bonds. The van der Waals surface area contributed by atoms with Crippen LogP contribution in [-0.4, -0.2) is 9.78 Å². The van der Waals surface area contributed by atoms with Crippen LogP contribution in [0.25, 0.3) is 0 Å². The summed E-state index contributed by atoms with van der Waals surface area (Å²) in [6.45, 7) is 3.84. The number of hydrogen-bond donors (Lipinski definition) is 1. The van der Waals surface area contributed by atoms with E-state index < -0.39 is 0 Å². The molecule has 1 aromatic heterocycles. The lowest BCUT2D eigenvalue weighted by molar-refractivity contribution is 0.578. The average Bonchev–Trinajstić information content (AvgIpc) is 2.79. The second-order valence-electron chi connectivity index (χ2n) is 4.03. The summed E-state index contributed by atoms with van der Waals surface area (Å²) >= 11 is 9.43. The maximum atomic E-state index is 6.05. The van der Waals surface area contributed by atoms with Gasteiger partial charge in [-0.2, -0.15) is 5.10 Å². The van der Waals surface area contributed by atoms with Crippen LogP contribution in [0.3, 0.4) is 0 Å². The molecular formula is C13H15BrClN3. The zero-order valence-electron chi connectivity index (χ0n) is 10.2. The molecule has 0 radical (unpaired) electrons. The van der Waals surface area contributed by atoms with Crippen LogP contribution in [0, 0.1) is 0 Å². The lowest BCUT2D eigenvalue weighted by Crippen LogP contribution is -2.08. The van der Waals surface area contributed by atoms with E-state index in [0.29, 0.717) is 5.02 Å². The summed E-state index contributed by atoms with van der Waals surface area (Å²) < 4.78 is 2.93. The van der Waals surface area contributed by atoms with E-state index in [0.717, 1.165) is 29.7 Å². The Morgan fingerprint density at radius 2 is 2.22 bits per heavy atom. The van der Waals surface area contributed by atoms with Crippen LogP contribution in [0.1, 0.15) is 19.0 Å². The number of benzene rings is 1. The van der Waals surface area contributed by atoms with Gasteiger partial charge in [0.15, 0.2) is 0 Å². The van der Waals surface area contributed by atoms with Crippen LogP contribution in [0.15, 0.2) is 34.9 Å². The van der Waals surface area contributed by atoms with E-state index in [1.807, 2.05) is 35.1 Å². The highest BCUT2D eigenvalue weighted by Gasteiger charge is 2.03.